The molecule has 0 amide bonds. The van der Waals surface area contributed by atoms with Gasteiger partial charge < -0.3 is 33.3 Å². The minimum atomic E-state index is -1.63. The fourth-order valence-electron chi connectivity index (χ4n) is 8.91. The third-order valence-corrected chi connectivity index (χ3v) is 13.8. The summed E-state index contributed by atoms with van der Waals surface area (Å²) in [6.45, 7) is 4.65. The first kappa shape index (κ1) is 75.2. The molecule has 0 saturated carbocycles. The predicted octanol–water partition coefficient (Wildman–Crippen LogP) is 18.4. The van der Waals surface area contributed by atoms with E-state index in [-0.39, 0.29) is 32.2 Å². The average molecular weight is 1100 g/mol. The highest BCUT2D eigenvalue weighted by molar-refractivity contribution is 5.70. The van der Waals surface area contributed by atoms with Crippen LogP contribution in [0.25, 0.3) is 0 Å². The number of ether oxygens (including phenoxy) is 4. The first-order valence-corrected chi connectivity index (χ1v) is 32.4. The molecule has 0 rings (SSSR count). The average Bonchev–Trinajstić information content (AvgIpc) is 3.42. The highest BCUT2D eigenvalue weighted by Gasteiger charge is 2.22. The van der Waals surface area contributed by atoms with Crippen LogP contribution >= 0.6 is 0 Å². The van der Waals surface area contributed by atoms with E-state index in [1.54, 1.807) is 0 Å². The molecule has 9 heteroatoms. The van der Waals surface area contributed by atoms with Gasteiger partial charge in [0.25, 0.3) is 0 Å². The lowest BCUT2D eigenvalue weighted by Crippen LogP contribution is -2.44. The van der Waals surface area contributed by atoms with E-state index in [9.17, 15) is 19.5 Å². The van der Waals surface area contributed by atoms with Gasteiger partial charge in [0.15, 0.2) is 12.4 Å². The van der Waals surface area contributed by atoms with Gasteiger partial charge in [-0.15, -0.1) is 0 Å². The third kappa shape index (κ3) is 61.7. The molecule has 0 saturated heterocycles. The molecule has 0 spiro atoms. The van der Waals surface area contributed by atoms with Crippen molar-refractivity contribution >= 4 is 17.9 Å². The Labute approximate surface area is 486 Å². The van der Waals surface area contributed by atoms with Crippen LogP contribution in [0.3, 0.4) is 0 Å². The highest BCUT2D eigenvalue weighted by atomic mass is 16.7. The zero-order valence-electron chi connectivity index (χ0n) is 51.7. The maximum Gasteiger partial charge on any atom is 0.306 e. The molecule has 0 aliphatic heterocycles. The van der Waals surface area contributed by atoms with Crippen LogP contribution in [-0.2, 0) is 33.3 Å². The molecule has 79 heavy (non-hydrogen) atoms. The SMILES string of the molecule is CC/C=C\C/C=C\C/C=C\C/C=C\C/C=C\C/C=C\C/C=C\C/C=C\CCCCCCCCCCCCC(=O)OC(COC(=O)CCCCCCCCCCCCCCCCCCCCC)COC(OCC[N+](C)(C)C)C(=O)[O-]. The fraction of sp³-hybridized carbons (Fsp3) is 0.729. The summed E-state index contributed by atoms with van der Waals surface area (Å²) in [4.78, 5) is 37.4. The summed E-state index contributed by atoms with van der Waals surface area (Å²) in [5, 5.41) is 11.8. The molecule has 0 aliphatic rings. The molecule has 0 aromatic carbocycles. The molecule has 0 aromatic heterocycles. The van der Waals surface area contributed by atoms with Crippen LogP contribution in [0.15, 0.2) is 97.2 Å². The van der Waals surface area contributed by atoms with E-state index in [0.717, 1.165) is 96.3 Å². The second-order valence-electron chi connectivity index (χ2n) is 22.7. The number of carboxylic acids is 1. The van der Waals surface area contributed by atoms with E-state index in [0.29, 0.717) is 23.9 Å². The van der Waals surface area contributed by atoms with E-state index in [4.69, 9.17) is 18.9 Å². The Bertz CT molecular complexity index is 1620. The number of carbonyl (C=O) groups excluding carboxylic acids is 3. The quantitative estimate of drug-likeness (QED) is 0.0195. The Balaban J connectivity index is 4.17. The van der Waals surface area contributed by atoms with Gasteiger partial charge in [-0.2, -0.15) is 0 Å². The Hall–Kier alpha value is -3.79. The molecule has 0 radical (unpaired) electrons. The van der Waals surface area contributed by atoms with Crippen molar-refractivity contribution in [3.05, 3.63) is 97.2 Å². The predicted molar refractivity (Wildman–Crippen MR) is 334 cm³/mol. The number of nitrogens with zero attached hydrogens (tertiary/aromatic N) is 1. The molecule has 0 heterocycles. The molecule has 9 nitrogen and oxygen atoms in total. The van der Waals surface area contributed by atoms with Crippen molar-refractivity contribution in [3.8, 4) is 0 Å². The Kier molecular flexibility index (Phi) is 57.4. The second-order valence-corrected chi connectivity index (χ2v) is 22.7. The summed E-state index contributed by atoms with van der Waals surface area (Å²) in [5.41, 5.74) is 0. The smallest absolute Gasteiger partial charge is 0.306 e. The minimum absolute atomic E-state index is 0.144. The minimum Gasteiger partial charge on any atom is -0.545 e. The Morgan fingerprint density at radius 1 is 0.392 bits per heavy atom. The van der Waals surface area contributed by atoms with Gasteiger partial charge in [-0.3, -0.25) is 9.59 Å². The molecule has 0 bridgehead atoms. The lowest BCUT2D eigenvalue weighted by atomic mass is 10.0. The topological polar surface area (TPSA) is 111 Å². The monoisotopic (exact) mass is 1100 g/mol. The number of quaternary nitrogens is 1. The number of rotatable bonds is 59. The van der Waals surface area contributed by atoms with Crippen LogP contribution in [0.5, 0.6) is 0 Å². The highest BCUT2D eigenvalue weighted by Crippen LogP contribution is 2.17. The van der Waals surface area contributed by atoms with Gasteiger partial charge in [-0.1, -0.05) is 278 Å². The summed E-state index contributed by atoms with van der Waals surface area (Å²) in [7, 11) is 5.92. The van der Waals surface area contributed by atoms with Crippen LogP contribution in [-0.4, -0.2) is 82.3 Å². The van der Waals surface area contributed by atoms with Gasteiger partial charge in [-0.05, 0) is 77.0 Å². The van der Waals surface area contributed by atoms with Gasteiger partial charge >= 0.3 is 11.9 Å². The Morgan fingerprint density at radius 3 is 1.08 bits per heavy atom. The first-order valence-electron chi connectivity index (χ1n) is 32.4. The lowest BCUT2D eigenvalue weighted by Gasteiger charge is -2.26. The fourth-order valence-corrected chi connectivity index (χ4v) is 8.91. The van der Waals surface area contributed by atoms with Gasteiger partial charge in [-0.25, -0.2) is 0 Å². The van der Waals surface area contributed by atoms with Gasteiger partial charge in [0, 0.05) is 12.8 Å². The molecule has 0 aliphatic carbocycles. The summed E-state index contributed by atoms with van der Waals surface area (Å²) in [6, 6.07) is 0. The number of carboxylic acid groups (broad SMARTS) is 1. The molecular formula is C70H121NO8. The van der Waals surface area contributed by atoms with Crippen LogP contribution < -0.4 is 5.11 Å². The zero-order chi connectivity index (χ0) is 57.6. The van der Waals surface area contributed by atoms with Crippen molar-refractivity contribution in [2.45, 2.75) is 283 Å². The van der Waals surface area contributed by atoms with Crippen molar-refractivity contribution in [2.75, 3.05) is 47.5 Å². The van der Waals surface area contributed by atoms with Crippen molar-refractivity contribution in [1.29, 1.82) is 0 Å². The van der Waals surface area contributed by atoms with Crippen molar-refractivity contribution in [1.82, 2.24) is 0 Å². The maximum absolute atomic E-state index is 12.9. The van der Waals surface area contributed by atoms with Crippen LogP contribution in [0.1, 0.15) is 271 Å². The number of carbonyl (C=O) groups is 3. The maximum atomic E-state index is 12.9. The van der Waals surface area contributed by atoms with Crippen molar-refractivity contribution in [3.63, 3.8) is 0 Å². The number of allylic oxidation sites excluding steroid dienone is 16. The summed E-state index contributed by atoms with van der Waals surface area (Å²) >= 11 is 0. The molecule has 0 fully saturated rings. The van der Waals surface area contributed by atoms with Crippen molar-refractivity contribution in [2.24, 2.45) is 0 Å². The molecular weight excluding hydrogens is 983 g/mol. The van der Waals surface area contributed by atoms with E-state index >= 15 is 0 Å². The molecule has 0 N–H and O–H groups in total. The molecule has 0 aromatic rings. The molecule has 454 valence electrons. The van der Waals surface area contributed by atoms with Crippen LogP contribution in [0.2, 0.25) is 0 Å². The first-order chi connectivity index (χ1) is 38.6. The van der Waals surface area contributed by atoms with Gasteiger partial charge in [0.2, 0.25) is 0 Å². The molecule has 2 unspecified atom stereocenters. The summed E-state index contributed by atoms with van der Waals surface area (Å²) in [6.07, 6.45) is 78.9. The number of aliphatic carboxylic acids is 1. The molecule has 2 atom stereocenters. The van der Waals surface area contributed by atoms with Gasteiger partial charge in [0.1, 0.15) is 13.2 Å². The number of hydrogen-bond acceptors (Lipinski definition) is 8. The Morgan fingerprint density at radius 2 is 0.722 bits per heavy atom. The lowest BCUT2D eigenvalue weighted by molar-refractivity contribution is -0.870. The zero-order valence-corrected chi connectivity index (χ0v) is 51.7. The van der Waals surface area contributed by atoms with Crippen LogP contribution in [0, 0.1) is 0 Å². The standard InChI is InChI=1S/C70H121NO8/c1-6-8-10-12-14-16-18-20-22-24-26-27-28-29-30-31-32-33-34-35-36-37-38-39-40-41-43-45-47-49-51-53-55-57-59-61-68(73)79-66(65-78-70(69(74)75)76-63-62-71(3,4)5)64-77-67(72)60-58-56-54-52-50-48-46-44-42-25-23-21-19-17-15-13-11-9-7-2/h8,10,14,16,20,22,26-27,29-30,32-33,35-36,38-39,66,70H,6-7,9,11-13,15,17-19,21,23-25,28,31,34,37,40-65H2,1-5H3/b10-8-,16-14-,22-20-,27-26-,30-29-,33-32-,36-35-,39-38-. The third-order valence-electron chi connectivity index (χ3n) is 13.8. The largest absolute Gasteiger partial charge is 0.545 e. The number of esters is 2. The van der Waals surface area contributed by atoms with Gasteiger partial charge in [0.05, 0.1) is 40.3 Å². The van der Waals surface area contributed by atoms with E-state index in [2.05, 4.69) is 111 Å². The second kappa shape index (κ2) is 60.3. The normalized spacial score (nSPS) is 13.4. The summed E-state index contributed by atoms with van der Waals surface area (Å²) < 4.78 is 22.8. The van der Waals surface area contributed by atoms with E-state index in [1.807, 2.05) is 21.1 Å². The number of likely N-dealkylation sites (N-methyl/N-ethyl adjacent to an activating group) is 1. The van der Waals surface area contributed by atoms with E-state index in [1.165, 1.54) is 141 Å². The summed E-state index contributed by atoms with van der Waals surface area (Å²) in [5.74, 6) is -2.28. The van der Waals surface area contributed by atoms with Crippen molar-refractivity contribution < 1.29 is 42.9 Å². The van der Waals surface area contributed by atoms with E-state index < -0.39 is 24.3 Å². The van der Waals surface area contributed by atoms with Crippen LogP contribution in [0.4, 0.5) is 0 Å². The number of hydrogen-bond donors (Lipinski definition) is 0. The number of unbranched alkanes of at least 4 members (excludes halogenated alkanes) is 28.